The predicted octanol–water partition coefficient (Wildman–Crippen LogP) is 11.9. The molecule has 1 heteroatoms. The van der Waals surface area contributed by atoms with E-state index in [4.69, 9.17) is 0 Å². The summed E-state index contributed by atoms with van der Waals surface area (Å²) in [4.78, 5) is 0. The molecule has 4 bridgehead atoms. The lowest BCUT2D eigenvalue weighted by Crippen LogP contribution is -2.48. The van der Waals surface area contributed by atoms with Gasteiger partial charge in [-0.15, -0.1) is 0 Å². The highest BCUT2D eigenvalue weighted by Gasteiger charge is 2.51. The molecule has 1 nitrogen and oxygen atoms in total. The Bertz CT molecular complexity index is 1740. The quantitative estimate of drug-likeness (QED) is 0.217. The molecule has 1 heterocycles. The number of hydrogen-bond acceptors (Lipinski definition) is 0. The molecule has 0 aliphatic heterocycles. The van der Waals surface area contributed by atoms with Crippen molar-refractivity contribution in [1.29, 1.82) is 0 Å². The summed E-state index contributed by atoms with van der Waals surface area (Å²) >= 11 is 0. The second kappa shape index (κ2) is 8.87. The fourth-order valence-corrected chi connectivity index (χ4v) is 11.8. The van der Waals surface area contributed by atoms with E-state index in [2.05, 4.69) is 108 Å². The number of fused-ring (bicyclic) bond motifs is 5. The van der Waals surface area contributed by atoms with Gasteiger partial charge in [-0.2, -0.15) is 0 Å². The van der Waals surface area contributed by atoms with E-state index in [1.807, 2.05) is 0 Å². The topological polar surface area (TPSA) is 4.93 Å². The molecule has 10 rings (SSSR count). The highest BCUT2D eigenvalue weighted by molar-refractivity contribution is 6.10. The molecule has 0 atom stereocenters. The maximum absolute atomic E-state index is 2.66. The van der Waals surface area contributed by atoms with Gasteiger partial charge in [0.2, 0.25) is 0 Å². The number of nitrogens with zero attached hydrogens (tertiary/aromatic N) is 1. The molecular weight excluding hydrogens is 542 g/mol. The molecule has 0 spiro atoms. The van der Waals surface area contributed by atoms with Gasteiger partial charge in [0, 0.05) is 16.5 Å². The van der Waals surface area contributed by atoms with Crippen LogP contribution in [0.5, 0.6) is 0 Å². The minimum Gasteiger partial charge on any atom is -0.309 e. The molecule has 1 aromatic heterocycles. The van der Waals surface area contributed by atoms with Crippen molar-refractivity contribution in [2.45, 2.75) is 147 Å². The van der Waals surface area contributed by atoms with Gasteiger partial charge in [-0.1, -0.05) is 67.5 Å². The van der Waals surface area contributed by atoms with Crippen LogP contribution in [-0.2, 0) is 27.1 Å². The van der Waals surface area contributed by atoms with Gasteiger partial charge in [0.15, 0.2) is 0 Å². The van der Waals surface area contributed by atoms with Crippen LogP contribution in [0.25, 0.3) is 27.5 Å². The van der Waals surface area contributed by atoms with Gasteiger partial charge in [0.25, 0.3) is 0 Å². The second-order valence-electron chi connectivity index (χ2n) is 19.4. The van der Waals surface area contributed by atoms with Crippen molar-refractivity contribution in [2.75, 3.05) is 0 Å². The average molecular weight is 598 g/mol. The Kier molecular flexibility index (Phi) is 5.65. The van der Waals surface area contributed by atoms with Gasteiger partial charge in [-0.3, -0.25) is 0 Å². The first-order valence-corrected chi connectivity index (χ1v) is 18.5. The van der Waals surface area contributed by atoms with Crippen LogP contribution in [0, 0.1) is 17.8 Å². The van der Waals surface area contributed by atoms with Crippen molar-refractivity contribution in [2.24, 2.45) is 17.8 Å². The maximum Gasteiger partial charge on any atom is 0.0544 e. The molecule has 0 saturated heterocycles. The van der Waals surface area contributed by atoms with Gasteiger partial charge in [-0.25, -0.2) is 0 Å². The van der Waals surface area contributed by atoms with E-state index in [0.29, 0.717) is 5.41 Å². The summed E-state index contributed by atoms with van der Waals surface area (Å²) in [6, 6.07) is 20.6. The summed E-state index contributed by atoms with van der Waals surface area (Å²) in [7, 11) is 0. The zero-order valence-electron chi connectivity index (χ0n) is 29.4. The summed E-state index contributed by atoms with van der Waals surface area (Å²) in [5, 5.41) is 2.89. The molecule has 6 aliphatic rings. The van der Waals surface area contributed by atoms with Crippen molar-refractivity contribution in [1.82, 2.24) is 4.57 Å². The van der Waals surface area contributed by atoms with E-state index < -0.39 is 0 Å². The standard InChI is InChI=1S/C44H55N/c1-40(2)13-15-42(5,6)36-22-38-32(20-34(36)40)33-21-35-37(43(7,8)16-14-41(35,3)4)23-39(33)45(38)31-11-9-30(10-12-31)44-24-27-17-28(25-44)19-29(18-27)26-44/h9-12,20-23,27-29H,13-19,24-26H2,1-8H3. The van der Waals surface area contributed by atoms with Crippen molar-refractivity contribution in [3.8, 4) is 5.69 Å². The molecular formula is C44H55N. The number of benzene rings is 3. The van der Waals surface area contributed by atoms with Crippen LogP contribution in [0.3, 0.4) is 0 Å². The molecule has 4 saturated carbocycles. The van der Waals surface area contributed by atoms with Gasteiger partial charge in [-0.05, 0) is 173 Å². The fraction of sp³-hybridized carbons (Fsp3) is 0.591. The summed E-state index contributed by atoms with van der Waals surface area (Å²) < 4.78 is 2.66. The monoisotopic (exact) mass is 597 g/mol. The van der Waals surface area contributed by atoms with Crippen molar-refractivity contribution < 1.29 is 0 Å². The third kappa shape index (κ3) is 4.04. The van der Waals surface area contributed by atoms with E-state index >= 15 is 0 Å². The van der Waals surface area contributed by atoms with E-state index in [0.717, 1.165) is 17.8 Å². The van der Waals surface area contributed by atoms with Crippen molar-refractivity contribution >= 4 is 21.8 Å². The Morgan fingerprint density at radius 2 is 0.844 bits per heavy atom. The first-order chi connectivity index (χ1) is 21.2. The van der Waals surface area contributed by atoms with Crippen LogP contribution < -0.4 is 0 Å². The van der Waals surface area contributed by atoms with Gasteiger partial charge in [0.1, 0.15) is 0 Å². The Morgan fingerprint density at radius 3 is 1.22 bits per heavy atom. The molecule has 0 unspecified atom stereocenters. The van der Waals surface area contributed by atoms with Crippen LogP contribution in [0.4, 0.5) is 0 Å². The van der Waals surface area contributed by atoms with E-state index in [1.165, 1.54) is 91.7 Å². The molecule has 4 fully saturated rings. The third-order valence-corrected chi connectivity index (χ3v) is 14.5. The Hall–Kier alpha value is -2.54. The maximum atomic E-state index is 2.66. The van der Waals surface area contributed by atoms with E-state index in [1.54, 1.807) is 27.8 Å². The molecule has 0 amide bonds. The first kappa shape index (κ1) is 28.7. The molecule has 45 heavy (non-hydrogen) atoms. The lowest BCUT2D eigenvalue weighted by atomic mass is 9.48. The minimum atomic E-state index is 0.186. The van der Waals surface area contributed by atoms with Gasteiger partial charge < -0.3 is 4.57 Å². The molecule has 0 N–H and O–H groups in total. The smallest absolute Gasteiger partial charge is 0.0544 e. The van der Waals surface area contributed by atoms with Crippen LogP contribution in [0.15, 0.2) is 48.5 Å². The highest BCUT2D eigenvalue weighted by Crippen LogP contribution is 2.61. The fourth-order valence-electron chi connectivity index (χ4n) is 11.8. The summed E-state index contributed by atoms with van der Waals surface area (Å²) in [5.74, 6) is 2.93. The number of rotatable bonds is 2. The Balaban J connectivity index is 1.29. The Labute approximate surface area is 272 Å². The molecule has 236 valence electrons. The third-order valence-electron chi connectivity index (χ3n) is 14.5. The van der Waals surface area contributed by atoms with Crippen molar-refractivity contribution in [3.63, 3.8) is 0 Å². The summed E-state index contributed by atoms with van der Waals surface area (Å²) in [6.45, 7) is 19.8. The molecule has 3 aromatic carbocycles. The predicted molar refractivity (Wildman–Crippen MR) is 191 cm³/mol. The zero-order chi connectivity index (χ0) is 31.3. The van der Waals surface area contributed by atoms with Crippen molar-refractivity contribution in [3.05, 3.63) is 76.3 Å². The molecule has 0 radical (unpaired) electrons. The lowest BCUT2D eigenvalue weighted by molar-refractivity contribution is -0.00518. The van der Waals surface area contributed by atoms with Crippen LogP contribution in [0.1, 0.15) is 147 Å². The van der Waals surface area contributed by atoms with Crippen LogP contribution in [-0.4, -0.2) is 4.57 Å². The Morgan fingerprint density at radius 1 is 0.489 bits per heavy atom. The summed E-state index contributed by atoms with van der Waals surface area (Å²) in [5.41, 5.74) is 13.2. The minimum absolute atomic E-state index is 0.186. The molecule has 4 aromatic rings. The van der Waals surface area contributed by atoms with Gasteiger partial charge in [0.05, 0.1) is 11.0 Å². The number of aromatic nitrogens is 1. The van der Waals surface area contributed by atoms with Gasteiger partial charge >= 0.3 is 0 Å². The first-order valence-electron chi connectivity index (χ1n) is 18.5. The normalized spacial score (nSPS) is 31.7. The molecule has 6 aliphatic carbocycles. The van der Waals surface area contributed by atoms with E-state index in [9.17, 15) is 0 Å². The second-order valence-corrected chi connectivity index (χ2v) is 19.4. The summed E-state index contributed by atoms with van der Waals surface area (Å²) in [6.07, 6.45) is 13.8. The van der Waals surface area contributed by atoms with Crippen LogP contribution >= 0.6 is 0 Å². The number of hydrogen-bond donors (Lipinski definition) is 0. The largest absolute Gasteiger partial charge is 0.309 e. The lowest BCUT2D eigenvalue weighted by Gasteiger charge is -2.57. The highest BCUT2D eigenvalue weighted by atomic mass is 15.0. The van der Waals surface area contributed by atoms with Crippen LogP contribution in [0.2, 0.25) is 0 Å². The average Bonchev–Trinajstić information content (AvgIpc) is 3.29. The zero-order valence-corrected chi connectivity index (χ0v) is 29.4. The van der Waals surface area contributed by atoms with E-state index in [-0.39, 0.29) is 21.7 Å². The SMILES string of the molecule is CC1(C)CCC(C)(C)c2cc3c(cc21)c1cc2c(cc1n3-c1ccc(C34CC5CC(CC(C5)C3)C4)cc1)C(C)(C)CCC2(C)C.